The summed E-state index contributed by atoms with van der Waals surface area (Å²) in [6.07, 6.45) is 0.830. The third-order valence-electron chi connectivity index (χ3n) is 6.84. The molecule has 0 aliphatic carbocycles. The van der Waals surface area contributed by atoms with E-state index in [-0.39, 0.29) is 18.1 Å². The Kier molecular flexibility index (Phi) is 8.74. The molecule has 0 fully saturated rings. The molecule has 0 saturated heterocycles. The standard InChI is InChI=1S/C32H37N3O3/c1-22(2)17-18-34(30(36)21-38-20-26-11-7-6-8-12-26)25(5)31-33-28-14-10-9-13-27(28)32(37)35(31)29-16-15-23(3)19-24(29)4/h6-16,19,22,25H,17-18,20-21H2,1-5H3. The maximum absolute atomic E-state index is 13.9. The summed E-state index contributed by atoms with van der Waals surface area (Å²) in [6, 6.07) is 22.8. The lowest BCUT2D eigenvalue weighted by atomic mass is 10.1. The molecule has 4 rings (SSSR count). The fourth-order valence-electron chi connectivity index (χ4n) is 4.70. The van der Waals surface area contributed by atoms with Crippen molar-refractivity contribution in [2.24, 2.45) is 5.92 Å². The van der Waals surface area contributed by atoms with Crippen LogP contribution in [0.3, 0.4) is 0 Å². The number of carbonyl (C=O) groups is 1. The van der Waals surface area contributed by atoms with Crippen molar-refractivity contribution < 1.29 is 9.53 Å². The van der Waals surface area contributed by atoms with Gasteiger partial charge in [0, 0.05) is 6.54 Å². The quantitative estimate of drug-likeness (QED) is 0.256. The smallest absolute Gasteiger partial charge is 0.266 e. The van der Waals surface area contributed by atoms with Crippen molar-refractivity contribution in [1.29, 1.82) is 0 Å². The summed E-state index contributed by atoms with van der Waals surface area (Å²) in [5.74, 6) is 0.832. The number of hydrogen-bond acceptors (Lipinski definition) is 4. The van der Waals surface area contributed by atoms with Crippen LogP contribution in [-0.4, -0.2) is 33.5 Å². The summed E-state index contributed by atoms with van der Waals surface area (Å²) in [4.78, 5) is 34.2. The number of aromatic nitrogens is 2. The van der Waals surface area contributed by atoms with Crippen LogP contribution in [0.4, 0.5) is 0 Å². The van der Waals surface area contributed by atoms with Crippen LogP contribution in [0, 0.1) is 19.8 Å². The average molecular weight is 512 g/mol. The number of para-hydroxylation sites is 1. The molecule has 0 N–H and O–H groups in total. The summed E-state index contributed by atoms with van der Waals surface area (Å²) in [5, 5.41) is 0.551. The number of fused-ring (bicyclic) bond motifs is 1. The number of benzene rings is 3. The van der Waals surface area contributed by atoms with Crippen LogP contribution in [0.2, 0.25) is 0 Å². The van der Waals surface area contributed by atoms with Crippen molar-refractivity contribution >= 4 is 16.8 Å². The van der Waals surface area contributed by atoms with Crippen LogP contribution < -0.4 is 5.56 Å². The van der Waals surface area contributed by atoms with Crippen LogP contribution in [0.15, 0.2) is 77.6 Å². The normalized spacial score (nSPS) is 12.2. The molecule has 1 unspecified atom stereocenters. The molecule has 1 aromatic heterocycles. The highest BCUT2D eigenvalue weighted by molar-refractivity contribution is 5.79. The molecule has 38 heavy (non-hydrogen) atoms. The summed E-state index contributed by atoms with van der Waals surface area (Å²) in [6.45, 7) is 11.1. The van der Waals surface area contributed by atoms with Crippen LogP contribution >= 0.6 is 0 Å². The number of aryl methyl sites for hydroxylation is 2. The van der Waals surface area contributed by atoms with Crippen LogP contribution in [-0.2, 0) is 16.1 Å². The van der Waals surface area contributed by atoms with Gasteiger partial charge in [-0.1, -0.05) is 74.0 Å². The van der Waals surface area contributed by atoms with Crippen molar-refractivity contribution in [3.63, 3.8) is 0 Å². The number of ether oxygens (including phenoxy) is 1. The summed E-state index contributed by atoms with van der Waals surface area (Å²) >= 11 is 0. The minimum atomic E-state index is -0.445. The lowest BCUT2D eigenvalue weighted by molar-refractivity contribution is -0.139. The van der Waals surface area contributed by atoms with E-state index in [1.165, 1.54) is 0 Å². The zero-order valence-electron chi connectivity index (χ0n) is 23.0. The topological polar surface area (TPSA) is 64.4 Å². The Morgan fingerprint density at radius 2 is 1.68 bits per heavy atom. The molecule has 1 amide bonds. The van der Waals surface area contributed by atoms with E-state index in [9.17, 15) is 9.59 Å². The Morgan fingerprint density at radius 1 is 0.974 bits per heavy atom. The summed E-state index contributed by atoms with van der Waals surface area (Å²) in [7, 11) is 0. The van der Waals surface area contributed by atoms with E-state index in [1.807, 2.05) is 86.3 Å². The van der Waals surface area contributed by atoms with E-state index >= 15 is 0 Å². The molecule has 0 bridgehead atoms. The monoisotopic (exact) mass is 511 g/mol. The van der Waals surface area contributed by atoms with Gasteiger partial charge in [-0.25, -0.2) is 4.98 Å². The van der Waals surface area contributed by atoms with E-state index in [0.717, 1.165) is 28.8 Å². The van der Waals surface area contributed by atoms with Crippen molar-refractivity contribution in [3.8, 4) is 5.69 Å². The van der Waals surface area contributed by atoms with E-state index in [4.69, 9.17) is 9.72 Å². The van der Waals surface area contributed by atoms with Crippen molar-refractivity contribution in [1.82, 2.24) is 14.5 Å². The van der Waals surface area contributed by atoms with Gasteiger partial charge in [-0.3, -0.25) is 14.2 Å². The van der Waals surface area contributed by atoms with Gasteiger partial charge in [0.15, 0.2) is 0 Å². The molecule has 0 aliphatic rings. The summed E-state index contributed by atoms with van der Waals surface area (Å²) in [5.41, 5.74) is 4.37. The zero-order valence-corrected chi connectivity index (χ0v) is 23.0. The third-order valence-corrected chi connectivity index (χ3v) is 6.84. The first-order chi connectivity index (χ1) is 18.3. The number of rotatable bonds is 10. The lowest BCUT2D eigenvalue weighted by Crippen LogP contribution is -2.40. The first kappa shape index (κ1) is 27.3. The predicted molar refractivity (Wildman–Crippen MR) is 152 cm³/mol. The Balaban J connectivity index is 1.74. The molecule has 6 heteroatoms. The highest BCUT2D eigenvalue weighted by Crippen LogP contribution is 2.25. The number of nitrogens with zero attached hydrogens (tertiary/aromatic N) is 3. The second kappa shape index (κ2) is 12.2. The second-order valence-corrected chi connectivity index (χ2v) is 10.3. The SMILES string of the molecule is Cc1ccc(-n2c(C(C)N(CCC(C)C)C(=O)COCc3ccccc3)nc3ccccc3c2=O)c(C)c1. The molecule has 0 saturated carbocycles. The van der Waals surface area contributed by atoms with Crippen LogP contribution in [0.25, 0.3) is 16.6 Å². The van der Waals surface area contributed by atoms with Crippen molar-refractivity contribution in [2.45, 2.75) is 53.7 Å². The number of carbonyl (C=O) groups excluding carboxylic acids is 1. The molecular weight excluding hydrogens is 474 g/mol. The minimum Gasteiger partial charge on any atom is -0.367 e. The largest absolute Gasteiger partial charge is 0.367 e. The molecule has 198 valence electrons. The number of hydrogen-bond donors (Lipinski definition) is 0. The Morgan fingerprint density at radius 3 is 2.39 bits per heavy atom. The van der Waals surface area contributed by atoms with Crippen LogP contribution in [0.1, 0.15) is 55.7 Å². The molecular formula is C32H37N3O3. The predicted octanol–water partition coefficient (Wildman–Crippen LogP) is 6.16. The van der Waals surface area contributed by atoms with E-state index < -0.39 is 6.04 Å². The fraction of sp³-hybridized carbons (Fsp3) is 0.344. The van der Waals surface area contributed by atoms with Crippen molar-refractivity contribution in [2.75, 3.05) is 13.2 Å². The third kappa shape index (κ3) is 6.20. The van der Waals surface area contributed by atoms with E-state index in [2.05, 4.69) is 19.9 Å². The van der Waals surface area contributed by atoms with Gasteiger partial charge >= 0.3 is 0 Å². The molecule has 0 radical (unpaired) electrons. The van der Waals surface area contributed by atoms with Crippen molar-refractivity contribution in [3.05, 3.63) is 106 Å². The number of amides is 1. The van der Waals surface area contributed by atoms with Crippen LogP contribution in [0.5, 0.6) is 0 Å². The van der Waals surface area contributed by atoms with Gasteiger partial charge < -0.3 is 9.64 Å². The first-order valence-electron chi connectivity index (χ1n) is 13.3. The van der Waals surface area contributed by atoms with Gasteiger partial charge in [-0.2, -0.15) is 0 Å². The minimum absolute atomic E-state index is 0.0430. The second-order valence-electron chi connectivity index (χ2n) is 10.3. The van der Waals surface area contributed by atoms with Gasteiger partial charge in [0.05, 0.1) is 29.2 Å². The molecule has 1 atom stereocenters. The molecule has 0 aliphatic heterocycles. The van der Waals surface area contributed by atoms with Gasteiger partial charge in [-0.05, 0) is 62.4 Å². The highest BCUT2D eigenvalue weighted by atomic mass is 16.5. The maximum atomic E-state index is 13.9. The maximum Gasteiger partial charge on any atom is 0.266 e. The van der Waals surface area contributed by atoms with Gasteiger partial charge in [0.25, 0.3) is 5.56 Å². The van der Waals surface area contributed by atoms with Gasteiger partial charge in [-0.15, -0.1) is 0 Å². The fourth-order valence-corrected chi connectivity index (χ4v) is 4.70. The zero-order chi connectivity index (χ0) is 27.2. The molecule has 6 nitrogen and oxygen atoms in total. The Hall–Kier alpha value is -3.77. The van der Waals surface area contributed by atoms with E-state index in [1.54, 1.807) is 10.6 Å². The lowest BCUT2D eigenvalue weighted by Gasteiger charge is -2.31. The Labute approximate surface area is 224 Å². The average Bonchev–Trinajstić information content (AvgIpc) is 2.89. The summed E-state index contributed by atoms with van der Waals surface area (Å²) < 4.78 is 7.50. The van der Waals surface area contributed by atoms with Gasteiger partial charge in [0.1, 0.15) is 12.4 Å². The molecule has 1 heterocycles. The molecule has 0 spiro atoms. The van der Waals surface area contributed by atoms with E-state index in [0.29, 0.717) is 35.8 Å². The highest BCUT2D eigenvalue weighted by Gasteiger charge is 2.27. The van der Waals surface area contributed by atoms with Gasteiger partial charge in [0.2, 0.25) is 5.91 Å². The Bertz CT molecular complexity index is 1460. The molecule has 3 aromatic carbocycles. The first-order valence-corrected chi connectivity index (χ1v) is 13.3. The molecule has 4 aromatic rings.